The van der Waals surface area contributed by atoms with Crippen molar-refractivity contribution in [2.75, 3.05) is 37.6 Å². The Morgan fingerprint density at radius 3 is 2.58 bits per heavy atom. The summed E-state index contributed by atoms with van der Waals surface area (Å²) in [5, 5.41) is 3.12. The molecule has 1 fully saturated rings. The molecule has 0 radical (unpaired) electrons. The Balaban J connectivity index is 1.58. The molecule has 1 aliphatic rings. The van der Waals surface area contributed by atoms with Gasteiger partial charge in [0.05, 0.1) is 18.8 Å². The first-order valence-electron chi connectivity index (χ1n) is 9.62. The van der Waals surface area contributed by atoms with E-state index in [1.165, 1.54) is 19.3 Å². The lowest BCUT2D eigenvalue weighted by Crippen LogP contribution is -2.43. The molecular formula is C21H29N3O2. The number of nitrogens with one attached hydrogen (secondary N) is 1. The van der Waals surface area contributed by atoms with Gasteiger partial charge in [0.1, 0.15) is 5.76 Å². The van der Waals surface area contributed by atoms with Crippen molar-refractivity contribution in [3.8, 4) is 0 Å². The Bertz CT molecular complexity index is 651. The number of carbonyl (C=O) groups is 1. The second kappa shape index (κ2) is 9.43. The monoisotopic (exact) mass is 355 g/mol. The molecule has 0 saturated carbocycles. The molecule has 1 saturated heterocycles. The van der Waals surface area contributed by atoms with Crippen LogP contribution >= 0.6 is 0 Å². The van der Waals surface area contributed by atoms with Crippen molar-refractivity contribution in [2.45, 2.75) is 32.2 Å². The minimum atomic E-state index is 0.0456. The van der Waals surface area contributed by atoms with Crippen LogP contribution in [0.2, 0.25) is 0 Å². The van der Waals surface area contributed by atoms with E-state index in [1.807, 2.05) is 42.5 Å². The van der Waals surface area contributed by atoms with Gasteiger partial charge in [-0.25, -0.2) is 0 Å². The summed E-state index contributed by atoms with van der Waals surface area (Å²) < 4.78 is 5.65. The highest BCUT2D eigenvalue weighted by atomic mass is 16.3. The summed E-state index contributed by atoms with van der Waals surface area (Å²) in [5.74, 6) is 0.979. The SMILES string of the molecule is CCN(CC(=O)NCC(c1ccco1)N1CCCCC1)c1ccccc1. The van der Waals surface area contributed by atoms with Crippen molar-refractivity contribution < 1.29 is 9.21 Å². The van der Waals surface area contributed by atoms with Crippen molar-refractivity contribution in [3.63, 3.8) is 0 Å². The fraction of sp³-hybridized carbons (Fsp3) is 0.476. The number of likely N-dealkylation sites (N-methyl/N-ethyl adjacent to an activating group) is 1. The highest BCUT2D eigenvalue weighted by Crippen LogP contribution is 2.24. The standard InChI is InChI=1S/C21H29N3O2/c1-2-23(18-10-5-3-6-11-18)17-21(25)22-16-19(20-12-9-15-26-20)24-13-7-4-8-14-24/h3,5-6,9-12,15,19H,2,4,7-8,13-14,16-17H2,1H3,(H,22,25). The smallest absolute Gasteiger partial charge is 0.239 e. The van der Waals surface area contributed by atoms with Crippen LogP contribution in [0.5, 0.6) is 0 Å². The van der Waals surface area contributed by atoms with Crippen LogP contribution in [0.1, 0.15) is 38.0 Å². The average Bonchev–Trinajstić information content (AvgIpc) is 3.22. The van der Waals surface area contributed by atoms with E-state index in [2.05, 4.69) is 22.0 Å². The molecule has 2 aromatic rings. The summed E-state index contributed by atoms with van der Waals surface area (Å²) in [7, 11) is 0. The second-order valence-corrected chi connectivity index (χ2v) is 6.78. The molecule has 1 aromatic carbocycles. The van der Waals surface area contributed by atoms with E-state index in [1.54, 1.807) is 6.26 Å². The fourth-order valence-corrected chi connectivity index (χ4v) is 3.58. The van der Waals surface area contributed by atoms with E-state index in [4.69, 9.17) is 4.42 Å². The Morgan fingerprint density at radius 1 is 1.15 bits per heavy atom. The van der Waals surface area contributed by atoms with E-state index >= 15 is 0 Å². The lowest BCUT2D eigenvalue weighted by atomic mass is 10.1. The van der Waals surface area contributed by atoms with Gasteiger partial charge in [-0.15, -0.1) is 0 Å². The number of amides is 1. The highest BCUT2D eigenvalue weighted by molar-refractivity contribution is 5.81. The number of likely N-dealkylation sites (tertiary alicyclic amines) is 1. The Morgan fingerprint density at radius 2 is 1.92 bits per heavy atom. The fourth-order valence-electron chi connectivity index (χ4n) is 3.58. The van der Waals surface area contributed by atoms with E-state index < -0.39 is 0 Å². The van der Waals surface area contributed by atoms with Crippen molar-refractivity contribution in [3.05, 3.63) is 54.5 Å². The van der Waals surface area contributed by atoms with Gasteiger partial charge in [0.2, 0.25) is 5.91 Å². The number of furan rings is 1. The molecule has 5 nitrogen and oxygen atoms in total. The number of para-hydroxylation sites is 1. The average molecular weight is 355 g/mol. The molecule has 1 N–H and O–H groups in total. The Kier molecular flexibility index (Phi) is 6.72. The van der Waals surface area contributed by atoms with Gasteiger partial charge in [-0.3, -0.25) is 9.69 Å². The minimum Gasteiger partial charge on any atom is -0.468 e. The van der Waals surface area contributed by atoms with Gasteiger partial charge < -0.3 is 14.6 Å². The van der Waals surface area contributed by atoms with Crippen LogP contribution in [0.3, 0.4) is 0 Å². The van der Waals surface area contributed by atoms with Crippen LogP contribution in [0.4, 0.5) is 5.69 Å². The summed E-state index contributed by atoms with van der Waals surface area (Å²) in [6, 6.07) is 14.1. The van der Waals surface area contributed by atoms with Crippen LogP contribution in [0.25, 0.3) is 0 Å². The van der Waals surface area contributed by atoms with Crippen molar-refractivity contribution in [1.29, 1.82) is 0 Å². The first-order valence-corrected chi connectivity index (χ1v) is 9.62. The topological polar surface area (TPSA) is 48.7 Å². The minimum absolute atomic E-state index is 0.0456. The van der Waals surface area contributed by atoms with Crippen molar-refractivity contribution in [1.82, 2.24) is 10.2 Å². The molecule has 5 heteroatoms. The van der Waals surface area contributed by atoms with Crippen LogP contribution in [0.15, 0.2) is 53.1 Å². The number of rotatable bonds is 8. The molecule has 1 aromatic heterocycles. The maximum absolute atomic E-state index is 12.5. The van der Waals surface area contributed by atoms with Gasteiger partial charge in [0.15, 0.2) is 0 Å². The molecule has 140 valence electrons. The first kappa shape index (κ1) is 18.5. The number of piperidine rings is 1. The maximum Gasteiger partial charge on any atom is 0.239 e. The van der Waals surface area contributed by atoms with Crippen molar-refractivity contribution >= 4 is 11.6 Å². The number of anilines is 1. The largest absolute Gasteiger partial charge is 0.468 e. The molecule has 0 bridgehead atoms. The first-order chi connectivity index (χ1) is 12.8. The zero-order valence-electron chi connectivity index (χ0n) is 15.6. The predicted molar refractivity (Wildman–Crippen MR) is 104 cm³/mol. The lowest BCUT2D eigenvalue weighted by Gasteiger charge is -2.33. The number of nitrogens with zero attached hydrogens (tertiary/aromatic N) is 2. The summed E-state index contributed by atoms with van der Waals surface area (Å²) >= 11 is 0. The lowest BCUT2D eigenvalue weighted by molar-refractivity contribution is -0.120. The van der Waals surface area contributed by atoms with Crippen LogP contribution < -0.4 is 10.2 Å². The normalized spacial score (nSPS) is 16.2. The number of benzene rings is 1. The number of carbonyl (C=O) groups excluding carboxylic acids is 1. The predicted octanol–water partition coefficient (Wildman–Crippen LogP) is 3.45. The summed E-state index contributed by atoms with van der Waals surface area (Å²) in [4.78, 5) is 17.1. The van der Waals surface area contributed by atoms with E-state index in [0.717, 1.165) is 31.1 Å². The van der Waals surface area contributed by atoms with E-state index in [0.29, 0.717) is 13.1 Å². The van der Waals surface area contributed by atoms with Gasteiger partial charge in [-0.1, -0.05) is 24.6 Å². The maximum atomic E-state index is 12.5. The molecule has 26 heavy (non-hydrogen) atoms. The van der Waals surface area contributed by atoms with Gasteiger partial charge in [-0.05, 0) is 57.1 Å². The van der Waals surface area contributed by atoms with Crippen LogP contribution in [-0.2, 0) is 4.79 Å². The van der Waals surface area contributed by atoms with Crippen molar-refractivity contribution in [2.24, 2.45) is 0 Å². The zero-order valence-corrected chi connectivity index (χ0v) is 15.6. The van der Waals surface area contributed by atoms with Gasteiger partial charge >= 0.3 is 0 Å². The third kappa shape index (κ3) is 4.88. The summed E-state index contributed by atoms with van der Waals surface area (Å²) in [6.45, 7) is 5.94. The van der Waals surface area contributed by atoms with Gasteiger partial charge in [0, 0.05) is 18.8 Å². The van der Waals surface area contributed by atoms with Crippen LogP contribution in [0, 0.1) is 0 Å². The summed E-state index contributed by atoms with van der Waals surface area (Å²) in [6.07, 6.45) is 5.42. The molecule has 3 rings (SSSR count). The molecular weight excluding hydrogens is 326 g/mol. The molecule has 1 atom stereocenters. The molecule has 2 heterocycles. The Labute approximate surface area is 156 Å². The molecule has 0 spiro atoms. The highest BCUT2D eigenvalue weighted by Gasteiger charge is 2.25. The van der Waals surface area contributed by atoms with Crippen LogP contribution in [-0.4, -0.2) is 43.5 Å². The second-order valence-electron chi connectivity index (χ2n) is 6.78. The Hall–Kier alpha value is -2.27. The third-order valence-corrected chi connectivity index (χ3v) is 5.03. The zero-order chi connectivity index (χ0) is 18.2. The quantitative estimate of drug-likeness (QED) is 0.788. The molecule has 1 aliphatic heterocycles. The third-order valence-electron chi connectivity index (χ3n) is 5.03. The molecule has 1 unspecified atom stereocenters. The number of hydrogen-bond acceptors (Lipinski definition) is 4. The summed E-state index contributed by atoms with van der Waals surface area (Å²) in [5.41, 5.74) is 1.07. The van der Waals surface area contributed by atoms with E-state index in [9.17, 15) is 4.79 Å². The number of hydrogen-bond donors (Lipinski definition) is 1. The van der Waals surface area contributed by atoms with E-state index in [-0.39, 0.29) is 11.9 Å². The molecule has 0 aliphatic carbocycles. The van der Waals surface area contributed by atoms with Gasteiger partial charge in [-0.2, -0.15) is 0 Å². The molecule has 1 amide bonds. The van der Waals surface area contributed by atoms with Gasteiger partial charge in [0.25, 0.3) is 0 Å².